The predicted molar refractivity (Wildman–Crippen MR) is 129 cm³/mol. The second-order valence-corrected chi connectivity index (χ2v) is 12.0. The monoisotopic (exact) mass is 465 g/mol. The van der Waals surface area contributed by atoms with E-state index in [1.54, 1.807) is 5.57 Å². The van der Waals surface area contributed by atoms with Gasteiger partial charge in [-0.15, -0.1) is 0 Å². The maximum absolute atomic E-state index is 12.9. The Kier molecular flexibility index (Phi) is 8.34. The summed E-state index contributed by atoms with van der Waals surface area (Å²) < 4.78 is 25.8. The maximum atomic E-state index is 12.9. The van der Waals surface area contributed by atoms with Crippen molar-refractivity contribution in [2.45, 2.75) is 103 Å². The number of alkyl halides is 2. The molecule has 0 amide bonds. The Morgan fingerprint density at radius 1 is 1.09 bits per heavy atom. The van der Waals surface area contributed by atoms with E-state index in [2.05, 4.69) is 30.9 Å². The van der Waals surface area contributed by atoms with Crippen molar-refractivity contribution in [3.05, 3.63) is 23.3 Å². The van der Waals surface area contributed by atoms with Gasteiger partial charge >= 0.3 is 0 Å². The summed E-state index contributed by atoms with van der Waals surface area (Å²) in [5, 5.41) is 20.0. The second-order valence-electron chi connectivity index (χ2n) is 12.0. The fraction of sp³-hybridized carbons (Fsp3) is 0.857. The zero-order chi connectivity index (χ0) is 23.6. The van der Waals surface area contributed by atoms with Crippen LogP contribution in [-0.4, -0.2) is 53.4 Å². The molecule has 5 heteroatoms. The number of fused-ring (bicyclic) bond motifs is 1. The van der Waals surface area contributed by atoms with Crippen molar-refractivity contribution in [2.75, 3.05) is 19.6 Å². The molecule has 0 spiro atoms. The van der Waals surface area contributed by atoms with Crippen molar-refractivity contribution in [3.8, 4) is 0 Å². The molecule has 2 N–H and O–H groups in total. The van der Waals surface area contributed by atoms with Crippen molar-refractivity contribution in [1.29, 1.82) is 0 Å². The molecular formula is C28H45F2NO2. The van der Waals surface area contributed by atoms with Crippen LogP contribution in [-0.2, 0) is 0 Å². The summed E-state index contributed by atoms with van der Waals surface area (Å²) in [6.45, 7) is 7.87. The first-order valence-corrected chi connectivity index (χ1v) is 13.5. The average molecular weight is 466 g/mol. The van der Waals surface area contributed by atoms with Crippen LogP contribution in [0.25, 0.3) is 0 Å². The van der Waals surface area contributed by atoms with E-state index < -0.39 is 18.6 Å². The minimum atomic E-state index is -2.18. The molecule has 4 fully saturated rings. The lowest BCUT2D eigenvalue weighted by Gasteiger charge is -2.45. The van der Waals surface area contributed by atoms with Crippen LogP contribution in [0, 0.1) is 29.1 Å². The van der Waals surface area contributed by atoms with Gasteiger partial charge in [0.05, 0.1) is 12.2 Å². The normalized spacial score (nSPS) is 40.3. The van der Waals surface area contributed by atoms with E-state index in [1.165, 1.54) is 31.3 Å². The van der Waals surface area contributed by atoms with Crippen LogP contribution in [0.15, 0.2) is 23.3 Å². The highest BCUT2D eigenvalue weighted by Gasteiger charge is 2.50. The van der Waals surface area contributed by atoms with E-state index in [0.717, 1.165) is 38.9 Å². The van der Waals surface area contributed by atoms with Crippen molar-refractivity contribution < 1.29 is 19.0 Å². The van der Waals surface area contributed by atoms with Gasteiger partial charge in [0.2, 0.25) is 6.43 Å². The Bertz CT molecular complexity index is 711. The third kappa shape index (κ3) is 6.08. The first kappa shape index (κ1) is 25.3. The fourth-order valence-corrected chi connectivity index (χ4v) is 8.04. The van der Waals surface area contributed by atoms with Crippen LogP contribution in [0.3, 0.4) is 0 Å². The van der Waals surface area contributed by atoms with Crippen molar-refractivity contribution in [1.82, 2.24) is 4.90 Å². The topological polar surface area (TPSA) is 43.7 Å². The molecule has 188 valence electrons. The summed E-state index contributed by atoms with van der Waals surface area (Å²) in [5.41, 5.74) is 3.06. The number of likely N-dealkylation sites (tertiary alicyclic amines) is 1. The minimum absolute atomic E-state index is 0.0613. The molecular weight excluding hydrogens is 420 g/mol. The number of allylic oxidation sites excluding steroid dienone is 3. The Labute approximate surface area is 199 Å². The highest BCUT2D eigenvalue weighted by Crippen LogP contribution is 2.59. The molecule has 2 unspecified atom stereocenters. The van der Waals surface area contributed by atoms with Crippen LogP contribution in [0.4, 0.5) is 8.78 Å². The third-order valence-electron chi connectivity index (χ3n) is 9.46. The zero-order valence-electron chi connectivity index (χ0n) is 20.7. The number of piperidine rings is 1. The molecule has 0 bridgehead atoms. The molecule has 0 radical (unpaired) electrons. The van der Waals surface area contributed by atoms with Gasteiger partial charge in [-0.1, -0.05) is 37.1 Å². The molecule has 3 saturated carbocycles. The molecule has 4 aliphatic rings. The van der Waals surface area contributed by atoms with E-state index in [1.807, 2.05) is 0 Å². The number of aliphatic hydroxyl groups excluding tert-OH is 2. The van der Waals surface area contributed by atoms with Crippen molar-refractivity contribution in [2.24, 2.45) is 29.1 Å². The molecule has 1 saturated heterocycles. The molecule has 0 aromatic rings. The Hall–Kier alpha value is -0.780. The van der Waals surface area contributed by atoms with Gasteiger partial charge in [-0.2, -0.15) is 0 Å². The lowest BCUT2D eigenvalue weighted by atomic mass is 9.61. The van der Waals surface area contributed by atoms with Crippen LogP contribution < -0.4 is 0 Å². The standard InChI is InChI=1S/C28H45F2NO2/c1-19(17-31-12-4-5-21(18-31)15-27(29)30)25-9-10-26-22(6-3-11-28(25,26)2)8-7-20-13-23(32)16-24(33)14-20/h7-8,19,21,23-27,32-33H,3-6,9-18H2,1-2H3/t19?,21?,23-,24-,25-,26+,28-/m1/s1. The molecule has 33 heavy (non-hydrogen) atoms. The van der Waals surface area contributed by atoms with Crippen molar-refractivity contribution >= 4 is 0 Å². The summed E-state index contributed by atoms with van der Waals surface area (Å²) in [4.78, 5) is 2.47. The molecule has 0 aromatic carbocycles. The number of rotatable bonds is 6. The van der Waals surface area contributed by atoms with E-state index in [9.17, 15) is 19.0 Å². The number of hydrogen-bond acceptors (Lipinski definition) is 3. The Morgan fingerprint density at radius 2 is 1.85 bits per heavy atom. The number of nitrogens with zero attached hydrogens (tertiary/aromatic N) is 1. The Morgan fingerprint density at radius 3 is 2.58 bits per heavy atom. The predicted octanol–water partition coefficient (Wildman–Crippen LogP) is 5.96. The largest absolute Gasteiger partial charge is 0.393 e. The third-order valence-corrected chi connectivity index (χ3v) is 9.46. The van der Waals surface area contributed by atoms with E-state index in [-0.39, 0.29) is 12.3 Å². The molecule has 7 atom stereocenters. The van der Waals surface area contributed by atoms with Gasteiger partial charge in [-0.05, 0) is 99.8 Å². The molecule has 1 heterocycles. The summed E-state index contributed by atoms with van der Waals surface area (Å²) >= 11 is 0. The van der Waals surface area contributed by atoms with Crippen LogP contribution >= 0.6 is 0 Å². The summed E-state index contributed by atoms with van der Waals surface area (Å²) in [5.74, 6) is 2.06. The SMILES string of the molecule is CC(CN1CCCC(CC(F)F)C1)[C@H]1CC[C@H]2C(=CC=C3C[C@@H](O)C[C@H](O)C3)CCC[C@]12C. The number of aliphatic hydroxyl groups is 2. The Balaban J connectivity index is 1.40. The van der Waals surface area contributed by atoms with Gasteiger partial charge in [-0.25, -0.2) is 8.78 Å². The lowest BCUT2D eigenvalue weighted by Crippen LogP contribution is -2.43. The summed E-state index contributed by atoms with van der Waals surface area (Å²) in [7, 11) is 0. The second kappa shape index (κ2) is 10.9. The highest BCUT2D eigenvalue weighted by molar-refractivity contribution is 5.26. The first-order chi connectivity index (χ1) is 15.7. The zero-order valence-corrected chi connectivity index (χ0v) is 20.7. The quantitative estimate of drug-likeness (QED) is 0.508. The maximum Gasteiger partial charge on any atom is 0.238 e. The molecule has 3 aliphatic carbocycles. The van der Waals surface area contributed by atoms with Gasteiger partial charge in [0.1, 0.15) is 0 Å². The smallest absolute Gasteiger partial charge is 0.238 e. The molecule has 1 aliphatic heterocycles. The van der Waals surface area contributed by atoms with E-state index in [4.69, 9.17) is 0 Å². The van der Waals surface area contributed by atoms with Gasteiger partial charge in [-0.3, -0.25) is 0 Å². The fourth-order valence-electron chi connectivity index (χ4n) is 8.04. The first-order valence-electron chi connectivity index (χ1n) is 13.5. The van der Waals surface area contributed by atoms with E-state index >= 15 is 0 Å². The average Bonchev–Trinajstić information content (AvgIpc) is 3.09. The van der Waals surface area contributed by atoms with Gasteiger partial charge in [0.25, 0.3) is 0 Å². The van der Waals surface area contributed by atoms with Crippen LogP contribution in [0.1, 0.15) is 84.5 Å². The van der Waals surface area contributed by atoms with Gasteiger partial charge < -0.3 is 15.1 Å². The minimum Gasteiger partial charge on any atom is -0.393 e. The summed E-state index contributed by atoms with van der Waals surface area (Å²) in [6, 6.07) is 0. The van der Waals surface area contributed by atoms with Gasteiger partial charge in [0, 0.05) is 19.5 Å². The molecule has 4 rings (SSSR count). The lowest BCUT2D eigenvalue weighted by molar-refractivity contribution is 0.0506. The highest BCUT2D eigenvalue weighted by atomic mass is 19.3. The molecule has 0 aromatic heterocycles. The summed E-state index contributed by atoms with van der Waals surface area (Å²) in [6.07, 6.45) is 11.6. The number of halogens is 2. The molecule has 3 nitrogen and oxygen atoms in total. The van der Waals surface area contributed by atoms with Gasteiger partial charge in [0.15, 0.2) is 0 Å². The van der Waals surface area contributed by atoms with E-state index in [0.29, 0.717) is 42.4 Å². The van der Waals surface area contributed by atoms with Crippen LogP contribution in [0.5, 0.6) is 0 Å². The number of hydrogen-bond donors (Lipinski definition) is 2. The van der Waals surface area contributed by atoms with Crippen LogP contribution in [0.2, 0.25) is 0 Å². The van der Waals surface area contributed by atoms with Crippen molar-refractivity contribution in [3.63, 3.8) is 0 Å².